The Balaban J connectivity index is 2.34. The molecule has 0 aromatic heterocycles. The number of ketones is 1. The summed E-state index contributed by atoms with van der Waals surface area (Å²) in [7, 11) is 0. The van der Waals surface area contributed by atoms with E-state index in [0.717, 1.165) is 19.3 Å². The molecule has 0 aromatic carbocycles. The first-order chi connectivity index (χ1) is 9.29. The third-order valence-corrected chi connectivity index (χ3v) is 4.44. The van der Waals surface area contributed by atoms with Crippen molar-refractivity contribution in [2.75, 3.05) is 0 Å². The quantitative estimate of drug-likeness (QED) is 0.386. The lowest BCUT2D eigenvalue weighted by Gasteiger charge is -2.29. The van der Waals surface area contributed by atoms with Crippen molar-refractivity contribution >= 4 is 5.78 Å². The van der Waals surface area contributed by atoms with Gasteiger partial charge >= 0.3 is 0 Å². The number of hydrogen-bond acceptors (Lipinski definition) is 1. The van der Waals surface area contributed by atoms with Crippen molar-refractivity contribution in [1.82, 2.24) is 0 Å². The summed E-state index contributed by atoms with van der Waals surface area (Å²) in [6.07, 6.45) is 17.7. The highest BCUT2D eigenvalue weighted by atomic mass is 16.1. The van der Waals surface area contributed by atoms with Crippen LogP contribution in [-0.4, -0.2) is 5.78 Å². The van der Waals surface area contributed by atoms with Gasteiger partial charge in [-0.3, -0.25) is 4.79 Å². The van der Waals surface area contributed by atoms with Crippen LogP contribution in [0.3, 0.4) is 0 Å². The molecule has 19 heavy (non-hydrogen) atoms. The Bertz CT molecular complexity index is 267. The summed E-state index contributed by atoms with van der Waals surface area (Å²) in [4.78, 5) is 12.1. The van der Waals surface area contributed by atoms with Crippen LogP contribution < -0.4 is 0 Å². The molecule has 2 unspecified atom stereocenters. The van der Waals surface area contributed by atoms with Crippen LogP contribution in [0.4, 0.5) is 0 Å². The number of Topliss-reactive ketones (excluding diaryl/α,β-unsaturated/α-hetero) is 1. The Morgan fingerprint density at radius 2 is 1.89 bits per heavy atom. The van der Waals surface area contributed by atoms with Crippen LogP contribution in [0.15, 0.2) is 12.2 Å². The van der Waals surface area contributed by atoms with Gasteiger partial charge in [-0.25, -0.2) is 0 Å². The van der Waals surface area contributed by atoms with E-state index in [1.807, 2.05) is 0 Å². The van der Waals surface area contributed by atoms with E-state index in [9.17, 15) is 4.79 Å². The van der Waals surface area contributed by atoms with Crippen LogP contribution in [0.1, 0.15) is 84.5 Å². The van der Waals surface area contributed by atoms with E-state index in [1.165, 1.54) is 51.4 Å². The summed E-state index contributed by atoms with van der Waals surface area (Å²) in [5, 5.41) is 0. The van der Waals surface area contributed by atoms with Crippen molar-refractivity contribution in [3.8, 4) is 0 Å². The molecule has 1 rings (SSSR count). The molecule has 0 aliphatic heterocycles. The second-order valence-corrected chi connectivity index (χ2v) is 6.07. The number of allylic oxidation sites excluding steroid dienone is 2. The van der Waals surface area contributed by atoms with Gasteiger partial charge in [0.1, 0.15) is 5.78 Å². The van der Waals surface area contributed by atoms with Gasteiger partial charge in [0.15, 0.2) is 0 Å². The van der Waals surface area contributed by atoms with Crippen LogP contribution in [0.5, 0.6) is 0 Å². The zero-order valence-corrected chi connectivity index (χ0v) is 13.0. The molecule has 1 aliphatic carbocycles. The number of rotatable bonds is 9. The van der Waals surface area contributed by atoms with Crippen molar-refractivity contribution in [2.45, 2.75) is 84.5 Å². The summed E-state index contributed by atoms with van der Waals surface area (Å²) < 4.78 is 0. The smallest absolute Gasteiger partial charge is 0.136 e. The van der Waals surface area contributed by atoms with E-state index in [1.54, 1.807) is 0 Å². The molecule has 1 fully saturated rings. The Labute approximate surface area is 119 Å². The Morgan fingerprint density at radius 3 is 2.63 bits per heavy atom. The molecule has 0 bridgehead atoms. The van der Waals surface area contributed by atoms with Crippen LogP contribution in [0, 0.1) is 11.8 Å². The van der Waals surface area contributed by atoms with E-state index >= 15 is 0 Å². The number of carbonyl (C=O) groups excluding carboxylic acids is 1. The standard InChI is InChI=1S/C18H32O/c1-3-5-7-8-9-10-14-17-16(12-6-4-2)13-11-15-18(17)19/h9-10,16-17H,3-8,11-15H2,1-2H3/b10-9-. The molecule has 110 valence electrons. The Kier molecular flexibility index (Phi) is 8.86. The maximum atomic E-state index is 12.1. The molecule has 0 spiro atoms. The zero-order chi connectivity index (χ0) is 13.9. The summed E-state index contributed by atoms with van der Waals surface area (Å²) in [5.74, 6) is 1.54. The minimum absolute atomic E-state index is 0.336. The van der Waals surface area contributed by atoms with E-state index in [-0.39, 0.29) is 0 Å². The largest absolute Gasteiger partial charge is 0.299 e. The molecule has 0 radical (unpaired) electrons. The van der Waals surface area contributed by atoms with E-state index < -0.39 is 0 Å². The maximum Gasteiger partial charge on any atom is 0.136 e. The lowest BCUT2D eigenvalue weighted by Crippen LogP contribution is -2.28. The van der Waals surface area contributed by atoms with Crippen LogP contribution in [0.25, 0.3) is 0 Å². The van der Waals surface area contributed by atoms with Gasteiger partial charge in [0, 0.05) is 12.3 Å². The highest BCUT2D eigenvalue weighted by Crippen LogP contribution is 2.33. The van der Waals surface area contributed by atoms with E-state index in [4.69, 9.17) is 0 Å². The fourth-order valence-electron chi connectivity index (χ4n) is 3.20. The average molecular weight is 264 g/mol. The molecule has 0 aromatic rings. The summed E-state index contributed by atoms with van der Waals surface area (Å²) >= 11 is 0. The third kappa shape index (κ3) is 6.40. The number of unbranched alkanes of at least 4 members (excludes halogenated alkanes) is 4. The maximum absolute atomic E-state index is 12.1. The Morgan fingerprint density at radius 1 is 1.11 bits per heavy atom. The summed E-state index contributed by atoms with van der Waals surface area (Å²) in [6, 6.07) is 0. The van der Waals surface area contributed by atoms with E-state index in [2.05, 4.69) is 26.0 Å². The van der Waals surface area contributed by atoms with Gasteiger partial charge in [0.25, 0.3) is 0 Å². The van der Waals surface area contributed by atoms with E-state index in [0.29, 0.717) is 17.6 Å². The number of carbonyl (C=O) groups is 1. The van der Waals surface area contributed by atoms with Crippen LogP contribution >= 0.6 is 0 Å². The van der Waals surface area contributed by atoms with Gasteiger partial charge in [-0.05, 0) is 44.4 Å². The lowest BCUT2D eigenvalue weighted by molar-refractivity contribution is -0.126. The first-order valence-corrected chi connectivity index (χ1v) is 8.47. The minimum Gasteiger partial charge on any atom is -0.299 e. The second kappa shape index (κ2) is 10.2. The van der Waals surface area contributed by atoms with Gasteiger partial charge in [0.05, 0.1) is 0 Å². The van der Waals surface area contributed by atoms with Crippen LogP contribution in [-0.2, 0) is 4.79 Å². The molecule has 0 amide bonds. The normalized spacial score (nSPS) is 24.2. The molecular formula is C18H32O. The summed E-state index contributed by atoms with van der Waals surface area (Å²) in [6.45, 7) is 4.48. The van der Waals surface area contributed by atoms with Crippen molar-refractivity contribution in [1.29, 1.82) is 0 Å². The first-order valence-electron chi connectivity index (χ1n) is 8.47. The monoisotopic (exact) mass is 264 g/mol. The highest BCUT2D eigenvalue weighted by Gasteiger charge is 2.29. The number of hydrogen-bond donors (Lipinski definition) is 0. The predicted molar refractivity (Wildman–Crippen MR) is 83.3 cm³/mol. The topological polar surface area (TPSA) is 17.1 Å². The van der Waals surface area contributed by atoms with Crippen molar-refractivity contribution in [3.63, 3.8) is 0 Å². The first kappa shape index (κ1) is 16.5. The molecular weight excluding hydrogens is 232 g/mol. The Hall–Kier alpha value is -0.590. The predicted octanol–water partition coefficient (Wildman–Crippen LogP) is 5.69. The van der Waals surface area contributed by atoms with Crippen molar-refractivity contribution in [2.24, 2.45) is 11.8 Å². The van der Waals surface area contributed by atoms with Crippen LogP contribution in [0.2, 0.25) is 0 Å². The fraction of sp³-hybridized carbons (Fsp3) is 0.833. The molecule has 1 nitrogen and oxygen atoms in total. The van der Waals surface area contributed by atoms with Gasteiger partial charge in [-0.15, -0.1) is 0 Å². The minimum atomic E-state index is 0.336. The lowest BCUT2D eigenvalue weighted by atomic mass is 9.74. The third-order valence-electron chi connectivity index (χ3n) is 4.44. The SMILES string of the molecule is CCCCC/C=C\CC1C(=O)CCCC1CCCC. The average Bonchev–Trinajstić information content (AvgIpc) is 2.42. The zero-order valence-electron chi connectivity index (χ0n) is 13.0. The molecule has 1 heteroatoms. The molecule has 1 saturated carbocycles. The molecule has 1 aliphatic rings. The van der Waals surface area contributed by atoms with Crippen molar-refractivity contribution < 1.29 is 4.79 Å². The molecule has 0 saturated heterocycles. The van der Waals surface area contributed by atoms with Gasteiger partial charge in [-0.2, -0.15) is 0 Å². The molecule has 0 heterocycles. The second-order valence-electron chi connectivity index (χ2n) is 6.07. The molecule has 0 N–H and O–H groups in total. The van der Waals surface area contributed by atoms with Gasteiger partial charge in [-0.1, -0.05) is 51.7 Å². The summed E-state index contributed by atoms with van der Waals surface area (Å²) in [5.41, 5.74) is 0. The van der Waals surface area contributed by atoms with Crippen molar-refractivity contribution in [3.05, 3.63) is 12.2 Å². The van der Waals surface area contributed by atoms with Gasteiger partial charge < -0.3 is 0 Å². The molecule has 2 atom stereocenters. The van der Waals surface area contributed by atoms with Gasteiger partial charge in [0.2, 0.25) is 0 Å². The fourth-order valence-corrected chi connectivity index (χ4v) is 3.20. The highest BCUT2D eigenvalue weighted by molar-refractivity contribution is 5.82.